The van der Waals surface area contributed by atoms with Crippen LogP contribution >= 0.6 is 23.4 Å². The predicted octanol–water partition coefficient (Wildman–Crippen LogP) is 3.75. The maximum absolute atomic E-state index is 14.2. The first-order valence-electron chi connectivity index (χ1n) is 8.94. The second-order valence-electron chi connectivity index (χ2n) is 6.69. The van der Waals surface area contributed by atoms with Crippen LogP contribution in [0.2, 0.25) is 5.02 Å². The topological polar surface area (TPSA) is 62.9 Å². The van der Waals surface area contributed by atoms with Crippen molar-refractivity contribution in [3.05, 3.63) is 64.9 Å². The molecule has 2 heterocycles. The lowest BCUT2D eigenvalue weighted by Crippen LogP contribution is -2.64. The second-order valence-corrected chi connectivity index (χ2v) is 8.27. The third-order valence-electron chi connectivity index (χ3n) is 4.88. The molecule has 2 fully saturated rings. The van der Waals surface area contributed by atoms with Crippen LogP contribution in [0.15, 0.2) is 53.4 Å². The fourth-order valence-electron chi connectivity index (χ4n) is 3.46. The molecule has 2 aliphatic heterocycles. The number of ether oxygens (including phenoxy) is 4. The number of benzene rings is 2. The van der Waals surface area contributed by atoms with Crippen molar-refractivity contribution in [3.8, 4) is 0 Å². The summed E-state index contributed by atoms with van der Waals surface area (Å²) in [6.45, 7) is 0.323. The van der Waals surface area contributed by atoms with Crippen LogP contribution in [-0.4, -0.2) is 43.5 Å². The average molecular weight is 426 g/mol. The molecule has 8 heteroatoms. The van der Waals surface area contributed by atoms with E-state index in [2.05, 4.69) is 0 Å². The number of thioether (sulfide) groups is 1. The Bertz CT molecular complexity index is 814. The van der Waals surface area contributed by atoms with Gasteiger partial charge in [0.25, 0.3) is 0 Å². The van der Waals surface area contributed by atoms with Crippen molar-refractivity contribution in [2.45, 2.75) is 41.0 Å². The Morgan fingerprint density at radius 3 is 2.71 bits per heavy atom. The molecule has 2 N–H and O–H groups in total. The molecule has 2 aromatic rings. The van der Waals surface area contributed by atoms with Crippen LogP contribution in [0.3, 0.4) is 0 Å². The van der Waals surface area contributed by atoms with Gasteiger partial charge < -0.3 is 24.7 Å². The van der Waals surface area contributed by atoms with Gasteiger partial charge in [0, 0.05) is 22.6 Å². The molecule has 5 nitrogen and oxygen atoms in total. The summed E-state index contributed by atoms with van der Waals surface area (Å²) in [5.41, 5.74) is 6.88. The number of hydrogen-bond donors (Lipinski definition) is 1. The first-order chi connectivity index (χ1) is 13.6. The van der Waals surface area contributed by atoms with E-state index >= 15 is 0 Å². The number of fused-ring (bicyclic) bond motifs is 1. The highest BCUT2D eigenvalue weighted by Gasteiger charge is 2.49. The molecule has 6 unspecified atom stereocenters. The molecule has 0 amide bonds. The fraction of sp³-hybridized carbons (Fsp3) is 0.400. The number of methoxy groups -OCH3 is 1. The van der Waals surface area contributed by atoms with Crippen molar-refractivity contribution in [2.24, 2.45) is 5.73 Å². The molecule has 0 bridgehead atoms. The Balaban J connectivity index is 1.51. The number of halogens is 2. The lowest BCUT2D eigenvalue weighted by Gasteiger charge is -2.48. The lowest BCUT2D eigenvalue weighted by atomic mass is 9.97. The van der Waals surface area contributed by atoms with E-state index in [0.717, 1.165) is 5.56 Å². The minimum absolute atomic E-state index is 0.323. The molecule has 0 radical (unpaired) electrons. The Hall–Kier alpha value is -1.19. The Morgan fingerprint density at radius 2 is 1.96 bits per heavy atom. The highest BCUT2D eigenvalue weighted by molar-refractivity contribution is 7.99. The Labute approximate surface area is 172 Å². The van der Waals surface area contributed by atoms with Crippen molar-refractivity contribution in [1.29, 1.82) is 0 Å². The minimum atomic E-state index is -0.519. The fourth-order valence-corrected chi connectivity index (χ4v) is 4.95. The van der Waals surface area contributed by atoms with Gasteiger partial charge in [0.15, 0.2) is 6.29 Å². The van der Waals surface area contributed by atoms with Crippen molar-refractivity contribution < 1.29 is 23.3 Å². The zero-order chi connectivity index (χ0) is 19.7. The van der Waals surface area contributed by atoms with E-state index in [4.69, 9.17) is 36.3 Å². The van der Waals surface area contributed by atoms with Crippen LogP contribution in [0.5, 0.6) is 0 Å². The molecule has 0 aliphatic carbocycles. The highest BCUT2D eigenvalue weighted by atomic mass is 35.5. The van der Waals surface area contributed by atoms with Crippen LogP contribution in [-0.2, 0) is 18.9 Å². The lowest BCUT2D eigenvalue weighted by molar-refractivity contribution is -0.298. The summed E-state index contributed by atoms with van der Waals surface area (Å²) in [4.78, 5) is 0.380. The van der Waals surface area contributed by atoms with Gasteiger partial charge in [-0.15, -0.1) is 0 Å². The first kappa shape index (κ1) is 20.1. The summed E-state index contributed by atoms with van der Waals surface area (Å²) in [5, 5.41) is 0.450. The first-order valence-corrected chi connectivity index (χ1v) is 10.2. The minimum Gasteiger partial charge on any atom is -0.376 e. The summed E-state index contributed by atoms with van der Waals surface area (Å²) in [6, 6.07) is 13.6. The highest BCUT2D eigenvalue weighted by Crippen LogP contribution is 2.40. The van der Waals surface area contributed by atoms with Crippen LogP contribution in [0.25, 0.3) is 0 Å². The molecule has 0 spiro atoms. The average Bonchev–Trinajstić information content (AvgIpc) is 2.71. The molecular formula is C20H21ClFNO4S. The molecule has 2 aliphatic rings. The van der Waals surface area contributed by atoms with Crippen LogP contribution in [0, 0.1) is 5.82 Å². The molecule has 4 rings (SSSR count). The van der Waals surface area contributed by atoms with E-state index in [1.165, 1.54) is 23.9 Å². The van der Waals surface area contributed by atoms with Crippen molar-refractivity contribution in [1.82, 2.24) is 0 Å². The number of nitrogens with two attached hydrogens (primary N) is 1. The Kier molecular flexibility index (Phi) is 6.22. The monoisotopic (exact) mass is 425 g/mol. The molecule has 0 saturated carbocycles. The van der Waals surface area contributed by atoms with Gasteiger partial charge in [-0.3, -0.25) is 0 Å². The number of rotatable bonds is 4. The number of hydrogen-bond acceptors (Lipinski definition) is 6. The van der Waals surface area contributed by atoms with E-state index in [9.17, 15) is 4.39 Å². The van der Waals surface area contributed by atoms with E-state index in [0.29, 0.717) is 16.5 Å². The van der Waals surface area contributed by atoms with Gasteiger partial charge in [-0.2, -0.15) is 0 Å². The molecule has 6 atom stereocenters. The zero-order valence-electron chi connectivity index (χ0n) is 15.2. The predicted molar refractivity (Wildman–Crippen MR) is 105 cm³/mol. The maximum Gasteiger partial charge on any atom is 0.184 e. The molecule has 2 aromatic carbocycles. The quantitative estimate of drug-likeness (QED) is 0.804. The summed E-state index contributed by atoms with van der Waals surface area (Å²) in [7, 11) is 1.56. The SMILES string of the molecule is COC1C(Sc2cc(Cl)ccc2F)OC2COC(c3ccccc3)OC2C1N. The second kappa shape index (κ2) is 8.67. The third-order valence-corrected chi connectivity index (χ3v) is 6.29. The van der Waals surface area contributed by atoms with Crippen molar-refractivity contribution >= 4 is 23.4 Å². The van der Waals surface area contributed by atoms with E-state index < -0.39 is 30.0 Å². The van der Waals surface area contributed by atoms with Crippen LogP contribution < -0.4 is 5.73 Å². The molecule has 0 aromatic heterocycles. The van der Waals surface area contributed by atoms with Gasteiger partial charge in [-0.1, -0.05) is 53.7 Å². The molecule has 150 valence electrons. The zero-order valence-corrected chi connectivity index (χ0v) is 16.7. The molecule has 28 heavy (non-hydrogen) atoms. The summed E-state index contributed by atoms with van der Waals surface area (Å²) >= 11 is 7.20. The van der Waals surface area contributed by atoms with Crippen LogP contribution in [0.4, 0.5) is 4.39 Å². The van der Waals surface area contributed by atoms with Gasteiger partial charge in [0.2, 0.25) is 0 Å². The Morgan fingerprint density at radius 1 is 1.18 bits per heavy atom. The van der Waals surface area contributed by atoms with Gasteiger partial charge >= 0.3 is 0 Å². The molecular weight excluding hydrogens is 405 g/mol. The molecule has 2 saturated heterocycles. The van der Waals surface area contributed by atoms with Gasteiger partial charge in [-0.25, -0.2) is 4.39 Å². The summed E-state index contributed by atoms with van der Waals surface area (Å²) < 4.78 is 37.9. The van der Waals surface area contributed by atoms with Gasteiger partial charge in [0.1, 0.15) is 29.6 Å². The standard InChI is InChI=1S/C20H21ClFNO4S/c1-24-18-16(23)17-14(10-25-19(27-17)11-5-3-2-4-6-11)26-20(18)28-15-9-12(21)7-8-13(15)22/h2-9,14,16-20H,10,23H2,1H3. The van der Waals surface area contributed by atoms with E-state index in [1.54, 1.807) is 13.2 Å². The van der Waals surface area contributed by atoms with Gasteiger partial charge in [-0.05, 0) is 18.2 Å². The van der Waals surface area contributed by atoms with Gasteiger partial charge in [0.05, 0.1) is 12.6 Å². The largest absolute Gasteiger partial charge is 0.376 e. The van der Waals surface area contributed by atoms with E-state index in [1.807, 2.05) is 30.3 Å². The summed E-state index contributed by atoms with van der Waals surface area (Å²) in [6.07, 6.45) is -1.77. The van der Waals surface area contributed by atoms with Crippen molar-refractivity contribution in [2.75, 3.05) is 13.7 Å². The maximum atomic E-state index is 14.2. The summed E-state index contributed by atoms with van der Waals surface area (Å²) in [5.74, 6) is -0.371. The van der Waals surface area contributed by atoms with Crippen molar-refractivity contribution in [3.63, 3.8) is 0 Å². The normalized spacial score (nSPS) is 32.7. The van der Waals surface area contributed by atoms with Crippen LogP contribution in [0.1, 0.15) is 11.9 Å². The third kappa shape index (κ3) is 4.07. The van der Waals surface area contributed by atoms with E-state index in [-0.39, 0.29) is 11.9 Å². The smallest absolute Gasteiger partial charge is 0.184 e.